The van der Waals surface area contributed by atoms with Crippen molar-refractivity contribution in [3.63, 3.8) is 0 Å². The quantitative estimate of drug-likeness (QED) is 0.452. The van der Waals surface area contributed by atoms with E-state index in [2.05, 4.69) is 17.2 Å². The van der Waals surface area contributed by atoms with Crippen molar-refractivity contribution >= 4 is 30.6 Å². The summed E-state index contributed by atoms with van der Waals surface area (Å²) in [6, 6.07) is 7.44. The van der Waals surface area contributed by atoms with Crippen LogP contribution in [0.5, 0.6) is 0 Å². The highest BCUT2D eigenvalue weighted by Crippen LogP contribution is 2.07. The standard InChI is InChI=1S/C7H6ClNS/c8-7-3-1-6(2-4-7)5-9-10/h1-5,10H/p+1. The maximum Gasteiger partial charge on any atom is 0.0979 e. The van der Waals surface area contributed by atoms with Crippen molar-refractivity contribution in [2.45, 2.75) is 0 Å². The SMILES string of the molecule is [SH2+]N=Cc1ccc(Cl)cc1. The van der Waals surface area contributed by atoms with Gasteiger partial charge in [-0.25, -0.2) is 0 Å². The Bertz CT molecular complexity index is 230. The molecule has 0 aliphatic carbocycles. The zero-order valence-corrected chi connectivity index (χ0v) is 6.97. The minimum absolute atomic E-state index is 0.742. The van der Waals surface area contributed by atoms with E-state index >= 15 is 0 Å². The van der Waals surface area contributed by atoms with Gasteiger partial charge in [-0.15, -0.1) is 0 Å². The van der Waals surface area contributed by atoms with Crippen LogP contribution in [0.2, 0.25) is 5.02 Å². The predicted octanol–water partition coefficient (Wildman–Crippen LogP) is 1.69. The van der Waals surface area contributed by atoms with Crippen LogP contribution in [0.4, 0.5) is 0 Å². The third kappa shape index (κ3) is 2.05. The fraction of sp³-hybridized carbons (Fsp3) is 0. The number of rotatable bonds is 1. The summed E-state index contributed by atoms with van der Waals surface area (Å²) in [6.07, 6.45) is 1.70. The van der Waals surface area contributed by atoms with Gasteiger partial charge < -0.3 is 0 Å². The van der Waals surface area contributed by atoms with Gasteiger partial charge >= 0.3 is 0 Å². The van der Waals surface area contributed by atoms with Gasteiger partial charge in [0.1, 0.15) is 0 Å². The molecule has 0 N–H and O–H groups in total. The lowest BCUT2D eigenvalue weighted by Crippen LogP contribution is -1.77. The number of hydrogen-bond donors (Lipinski definition) is 0. The normalized spacial score (nSPS) is 10.6. The summed E-state index contributed by atoms with van der Waals surface area (Å²) in [6.45, 7) is 0. The van der Waals surface area contributed by atoms with Crippen molar-refractivity contribution in [1.82, 2.24) is 0 Å². The molecule has 0 spiro atoms. The Balaban J connectivity index is 2.89. The van der Waals surface area contributed by atoms with Gasteiger partial charge in [-0.2, -0.15) is 0 Å². The highest BCUT2D eigenvalue weighted by Gasteiger charge is 1.87. The Hall–Kier alpha value is -0.470. The Morgan fingerprint density at radius 1 is 1.30 bits per heavy atom. The van der Waals surface area contributed by atoms with Gasteiger partial charge in [0.2, 0.25) is 0 Å². The largest absolute Gasteiger partial charge is 0.0979 e. The van der Waals surface area contributed by atoms with E-state index in [9.17, 15) is 0 Å². The molecule has 0 saturated heterocycles. The van der Waals surface area contributed by atoms with Crippen molar-refractivity contribution in [3.05, 3.63) is 34.9 Å². The Labute approximate surface area is 70.3 Å². The Morgan fingerprint density at radius 2 is 1.90 bits per heavy atom. The average Bonchev–Trinajstić information content (AvgIpc) is 1.95. The van der Waals surface area contributed by atoms with E-state index in [-0.39, 0.29) is 0 Å². The van der Waals surface area contributed by atoms with Crippen molar-refractivity contribution in [1.29, 1.82) is 0 Å². The molecule has 1 aromatic carbocycles. The molecular formula is C7H7ClNS+. The molecular weight excluding hydrogens is 166 g/mol. The van der Waals surface area contributed by atoms with Crippen LogP contribution in [-0.4, -0.2) is 6.21 Å². The van der Waals surface area contributed by atoms with Gasteiger partial charge in [-0.05, 0) is 17.7 Å². The second kappa shape index (κ2) is 3.64. The molecule has 52 valence electrons. The molecule has 0 aromatic heterocycles. The van der Waals surface area contributed by atoms with Gasteiger partial charge in [0.25, 0.3) is 0 Å². The lowest BCUT2D eigenvalue weighted by Gasteiger charge is -1.88. The molecule has 0 atom stereocenters. The van der Waals surface area contributed by atoms with Gasteiger partial charge in [-0.1, -0.05) is 28.1 Å². The zero-order chi connectivity index (χ0) is 7.40. The van der Waals surface area contributed by atoms with Crippen molar-refractivity contribution < 1.29 is 0 Å². The third-order valence-electron chi connectivity index (χ3n) is 1.08. The lowest BCUT2D eigenvalue weighted by atomic mass is 10.2. The molecule has 1 rings (SSSR count). The van der Waals surface area contributed by atoms with Crippen LogP contribution in [-0.2, 0) is 12.8 Å². The second-order valence-corrected chi connectivity index (χ2v) is 2.50. The van der Waals surface area contributed by atoms with E-state index in [1.807, 2.05) is 24.3 Å². The summed E-state index contributed by atoms with van der Waals surface area (Å²) in [5.41, 5.74) is 1.03. The molecule has 0 aliphatic rings. The molecule has 0 radical (unpaired) electrons. The highest BCUT2D eigenvalue weighted by atomic mass is 35.5. The van der Waals surface area contributed by atoms with E-state index in [1.165, 1.54) is 0 Å². The molecule has 0 saturated carbocycles. The smallest absolute Gasteiger partial charge is 0.0843 e. The van der Waals surface area contributed by atoms with E-state index in [0.717, 1.165) is 10.6 Å². The number of nitrogens with zero attached hydrogens (tertiary/aromatic N) is 1. The summed E-state index contributed by atoms with van der Waals surface area (Å²) in [5, 5.41) is 0.742. The maximum atomic E-state index is 5.66. The first-order chi connectivity index (χ1) is 4.83. The first-order valence-corrected chi connectivity index (χ1v) is 3.61. The van der Waals surface area contributed by atoms with E-state index < -0.39 is 0 Å². The average molecular weight is 173 g/mol. The molecule has 0 aliphatic heterocycles. The van der Waals surface area contributed by atoms with Crippen LogP contribution in [0.15, 0.2) is 28.7 Å². The third-order valence-corrected chi connectivity index (χ3v) is 1.46. The second-order valence-electron chi connectivity index (χ2n) is 1.81. The summed E-state index contributed by atoms with van der Waals surface area (Å²) in [7, 11) is 0. The monoisotopic (exact) mass is 172 g/mol. The number of hydrogen-bond acceptors (Lipinski definition) is 1. The van der Waals surface area contributed by atoms with Crippen LogP contribution in [0.25, 0.3) is 0 Å². The first-order valence-electron chi connectivity index (χ1n) is 2.78. The summed E-state index contributed by atoms with van der Waals surface area (Å²) >= 11 is 8.64. The van der Waals surface area contributed by atoms with E-state index in [0.29, 0.717) is 0 Å². The fourth-order valence-corrected chi connectivity index (χ4v) is 0.898. The van der Waals surface area contributed by atoms with Crippen molar-refractivity contribution in [2.24, 2.45) is 4.40 Å². The first kappa shape index (κ1) is 7.63. The van der Waals surface area contributed by atoms with Crippen LogP contribution < -0.4 is 0 Å². The molecule has 10 heavy (non-hydrogen) atoms. The minimum atomic E-state index is 0.742. The van der Waals surface area contributed by atoms with Gasteiger partial charge in [0, 0.05) is 5.02 Å². The zero-order valence-electron chi connectivity index (χ0n) is 5.21. The summed E-state index contributed by atoms with van der Waals surface area (Å²) in [4.78, 5) is 0. The molecule has 0 bridgehead atoms. The van der Waals surface area contributed by atoms with Gasteiger partial charge in [-0.3, -0.25) is 0 Å². The summed E-state index contributed by atoms with van der Waals surface area (Å²) < 4.78 is 3.67. The predicted molar refractivity (Wildman–Crippen MR) is 49.2 cm³/mol. The molecule has 1 aromatic rings. The maximum absolute atomic E-state index is 5.66. The van der Waals surface area contributed by atoms with E-state index in [1.54, 1.807) is 6.21 Å². The van der Waals surface area contributed by atoms with Gasteiger partial charge in [0.15, 0.2) is 0 Å². The Morgan fingerprint density at radius 3 is 2.40 bits per heavy atom. The number of benzene rings is 1. The summed E-state index contributed by atoms with van der Waals surface area (Å²) in [5.74, 6) is 0. The highest BCUT2D eigenvalue weighted by molar-refractivity contribution is 7.57. The molecule has 0 amide bonds. The Kier molecular flexibility index (Phi) is 2.78. The lowest BCUT2D eigenvalue weighted by molar-refractivity contribution is 1.67. The van der Waals surface area contributed by atoms with Crippen molar-refractivity contribution in [3.8, 4) is 0 Å². The van der Waals surface area contributed by atoms with Crippen LogP contribution >= 0.6 is 11.6 Å². The van der Waals surface area contributed by atoms with Crippen LogP contribution in [0.3, 0.4) is 0 Å². The molecule has 1 nitrogen and oxygen atoms in total. The molecule has 0 heterocycles. The van der Waals surface area contributed by atoms with E-state index in [4.69, 9.17) is 11.6 Å². The fourth-order valence-electron chi connectivity index (χ4n) is 0.623. The van der Waals surface area contributed by atoms with Crippen LogP contribution in [0.1, 0.15) is 5.56 Å². The minimum Gasteiger partial charge on any atom is -0.0843 e. The molecule has 3 heteroatoms. The molecule has 0 unspecified atom stereocenters. The topological polar surface area (TPSA) is 12.4 Å². The molecule has 0 fully saturated rings. The van der Waals surface area contributed by atoms with Crippen molar-refractivity contribution in [2.75, 3.05) is 0 Å². The van der Waals surface area contributed by atoms with Crippen LogP contribution in [0, 0.1) is 0 Å². The van der Waals surface area contributed by atoms with Gasteiger partial charge in [0.05, 0.1) is 19.0 Å². The number of halogens is 1.